The van der Waals surface area contributed by atoms with Gasteiger partial charge in [-0.3, -0.25) is 4.79 Å². The molecule has 0 amide bonds. The molecule has 0 aromatic heterocycles. The van der Waals surface area contributed by atoms with Crippen LogP contribution in [0.25, 0.3) is 16.8 Å². The van der Waals surface area contributed by atoms with Gasteiger partial charge in [-0.1, -0.05) is 42.5 Å². The maximum atomic E-state index is 13.5. The van der Waals surface area contributed by atoms with Crippen molar-refractivity contribution in [2.24, 2.45) is 0 Å². The molecule has 0 N–H and O–H groups in total. The van der Waals surface area contributed by atoms with Crippen LogP contribution < -0.4 is 0 Å². The first-order chi connectivity index (χ1) is 17.1. The monoisotopic (exact) mass is 470 g/mol. The third-order valence-corrected chi connectivity index (χ3v) is 5.63. The third kappa shape index (κ3) is 5.81. The second kappa shape index (κ2) is 11.2. The van der Waals surface area contributed by atoms with E-state index < -0.39 is 24.2 Å². The van der Waals surface area contributed by atoms with Crippen molar-refractivity contribution in [3.05, 3.63) is 101 Å². The molecule has 1 heterocycles. The minimum atomic E-state index is -0.662. The number of nitrogens with zero attached hydrogens (tertiary/aromatic N) is 2. The summed E-state index contributed by atoms with van der Waals surface area (Å²) in [5.74, 6) is -1.72. The summed E-state index contributed by atoms with van der Waals surface area (Å²) in [4.78, 5) is 27.4. The molecule has 0 unspecified atom stereocenters. The maximum absolute atomic E-state index is 13.5. The molecule has 35 heavy (non-hydrogen) atoms. The van der Waals surface area contributed by atoms with Gasteiger partial charge in [0.05, 0.1) is 24.5 Å². The predicted octanol–water partition coefficient (Wildman–Crippen LogP) is 4.49. The Morgan fingerprint density at radius 2 is 1.49 bits per heavy atom. The summed E-state index contributed by atoms with van der Waals surface area (Å²) in [6.07, 6.45) is 0. The second-order valence-corrected chi connectivity index (χ2v) is 7.88. The quantitative estimate of drug-likeness (QED) is 0.288. The smallest absolute Gasteiger partial charge is 0.338 e. The Hall–Kier alpha value is -4.28. The molecular formula is C28H23FN2O4. The van der Waals surface area contributed by atoms with Crippen LogP contribution in [-0.4, -0.2) is 49.6 Å². The van der Waals surface area contributed by atoms with Crippen molar-refractivity contribution in [2.45, 2.75) is 0 Å². The van der Waals surface area contributed by atoms with Crippen LogP contribution in [0.15, 0.2) is 84.4 Å². The number of ketones is 1. The third-order valence-electron chi connectivity index (χ3n) is 5.63. The average Bonchev–Trinajstić information content (AvgIpc) is 2.92. The number of carbonyl (C=O) groups is 2. The van der Waals surface area contributed by atoms with Crippen LogP contribution >= 0.6 is 0 Å². The van der Waals surface area contributed by atoms with Crippen LogP contribution in [0.5, 0.6) is 0 Å². The lowest BCUT2D eigenvalue weighted by atomic mass is 10.0. The van der Waals surface area contributed by atoms with Crippen LogP contribution in [-0.2, 0) is 14.3 Å². The molecule has 7 heteroatoms. The molecule has 0 bridgehead atoms. The standard InChI is InChI=1S/C28H23FN2O4/c29-24-12-10-22(11-13-24)27(31-14-16-34-17-15-31)25(18-30)26(32)19-35-28(33)23-8-6-21(7-9-23)20-4-2-1-3-5-20/h1-13H,14-17,19H2. The lowest BCUT2D eigenvalue weighted by molar-refractivity contribution is -0.118. The number of hydrogen-bond donors (Lipinski definition) is 0. The number of carbonyl (C=O) groups excluding carboxylic acids is 2. The molecule has 176 valence electrons. The fraction of sp³-hybridized carbons (Fsp3) is 0.179. The number of Topliss-reactive ketones (excluding diaryl/α,β-unsaturated/α-hetero) is 1. The first-order valence-corrected chi connectivity index (χ1v) is 11.2. The number of hydrogen-bond acceptors (Lipinski definition) is 6. The highest BCUT2D eigenvalue weighted by atomic mass is 19.1. The molecule has 1 aliphatic rings. The zero-order valence-corrected chi connectivity index (χ0v) is 18.9. The van der Waals surface area contributed by atoms with Crippen LogP contribution in [0.1, 0.15) is 15.9 Å². The van der Waals surface area contributed by atoms with E-state index in [0.29, 0.717) is 43.1 Å². The number of ether oxygens (including phenoxy) is 2. The van der Waals surface area contributed by atoms with Crippen LogP contribution in [0.2, 0.25) is 0 Å². The van der Waals surface area contributed by atoms with E-state index in [1.807, 2.05) is 41.3 Å². The highest BCUT2D eigenvalue weighted by Crippen LogP contribution is 2.25. The molecule has 4 rings (SSSR count). The van der Waals surface area contributed by atoms with E-state index >= 15 is 0 Å². The van der Waals surface area contributed by atoms with Crippen molar-refractivity contribution in [1.29, 1.82) is 5.26 Å². The zero-order chi connectivity index (χ0) is 24.6. The number of esters is 1. The number of halogens is 1. The summed E-state index contributed by atoms with van der Waals surface area (Å²) in [6.45, 7) is 1.23. The SMILES string of the molecule is N#CC(C(=O)COC(=O)c1ccc(-c2ccccc2)cc1)=C(c1ccc(F)cc1)N1CCOCC1. The summed E-state index contributed by atoms with van der Waals surface area (Å²) >= 11 is 0. The van der Waals surface area contributed by atoms with Crippen molar-refractivity contribution in [2.75, 3.05) is 32.9 Å². The lowest BCUT2D eigenvalue weighted by Gasteiger charge is -2.32. The fourth-order valence-corrected chi connectivity index (χ4v) is 3.84. The summed E-state index contributed by atoms with van der Waals surface area (Å²) in [7, 11) is 0. The van der Waals surface area contributed by atoms with Gasteiger partial charge < -0.3 is 14.4 Å². The Morgan fingerprint density at radius 3 is 2.11 bits per heavy atom. The Kier molecular flexibility index (Phi) is 7.66. The number of morpholine rings is 1. The Morgan fingerprint density at radius 1 is 0.886 bits per heavy atom. The summed E-state index contributed by atoms with van der Waals surface area (Å²) in [6, 6.07) is 24.1. The van der Waals surface area contributed by atoms with Crippen molar-refractivity contribution < 1.29 is 23.5 Å². The van der Waals surface area contributed by atoms with Crippen LogP contribution in [0, 0.1) is 17.1 Å². The van der Waals surface area contributed by atoms with Crippen molar-refractivity contribution in [3.63, 3.8) is 0 Å². The van der Waals surface area contributed by atoms with Gasteiger partial charge in [-0.25, -0.2) is 9.18 Å². The molecule has 0 atom stereocenters. The van der Waals surface area contributed by atoms with E-state index in [-0.39, 0.29) is 5.57 Å². The number of nitriles is 1. The summed E-state index contributed by atoms with van der Waals surface area (Å²) in [5, 5.41) is 9.83. The molecule has 0 spiro atoms. The summed E-state index contributed by atoms with van der Waals surface area (Å²) in [5.41, 5.74) is 3.02. The second-order valence-electron chi connectivity index (χ2n) is 7.88. The van der Waals surface area contributed by atoms with E-state index in [2.05, 4.69) is 0 Å². The Balaban J connectivity index is 1.51. The van der Waals surface area contributed by atoms with E-state index in [0.717, 1.165) is 11.1 Å². The van der Waals surface area contributed by atoms with E-state index in [9.17, 15) is 19.2 Å². The number of rotatable bonds is 7. The fourth-order valence-electron chi connectivity index (χ4n) is 3.84. The highest BCUT2D eigenvalue weighted by molar-refractivity contribution is 6.07. The lowest BCUT2D eigenvalue weighted by Crippen LogP contribution is -2.36. The van der Waals surface area contributed by atoms with Gasteiger partial charge in [0.25, 0.3) is 0 Å². The Labute approximate surface area is 202 Å². The topological polar surface area (TPSA) is 79.6 Å². The first-order valence-electron chi connectivity index (χ1n) is 11.2. The van der Waals surface area contributed by atoms with Crippen LogP contribution in [0.4, 0.5) is 4.39 Å². The molecule has 1 saturated heterocycles. The van der Waals surface area contributed by atoms with Gasteiger partial charge in [0.1, 0.15) is 17.5 Å². The highest BCUT2D eigenvalue weighted by Gasteiger charge is 2.25. The van der Waals surface area contributed by atoms with E-state index in [4.69, 9.17) is 9.47 Å². The van der Waals surface area contributed by atoms with Gasteiger partial charge in [0, 0.05) is 13.1 Å². The van der Waals surface area contributed by atoms with E-state index in [1.165, 1.54) is 24.3 Å². The van der Waals surface area contributed by atoms with Gasteiger partial charge in [-0.2, -0.15) is 5.26 Å². The van der Waals surface area contributed by atoms with Gasteiger partial charge in [0.15, 0.2) is 6.61 Å². The van der Waals surface area contributed by atoms with Crippen molar-refractivity contribution >= 4 is 17.4 Å². The molecule has 1 fully saturated rings. The van der Waals surface area contributed by atoms with Crippen molar-refractivity contribution in [3.8, 4) is 17.2 Å². The molecule has 6 nitrogen and oxygen atoms in total. The number of benzene rings is 3. The van der Waals surface area contributed by atoms with Gasteiger partial charge in [-0.15, -0.1) is 0 Å². The van der Waals surface area contributed by atoms with Crippen LogP contribution in [0.3, 0.4) is 0 Å². The van der Waals surface area contributed by atoms with Crippen molar-refractivity contribution in [1.82, 2.24) is 4.90 Å². The first kappa shape index (κ1) is 23.9. The normalized spacial score (nSPS) is 14.0. The van der Waals surface area contributed by atoms with Gasteiger partial charge in [0.2, 0.25) is 5.78 Å². The summed E-state index contributed by atoms with van der Waals surface area (Å²) < 4.78 is 24.1. The molecular weight excluding hydrogens is 447 g/mol. The molecule has 0 radical (unpaired) electrons. The molecule has 0 aliphatic carbocycles. The molecule has 3 aromatic rings. The molecule has 1 aliphatic heterocycles. The predicted molar refractivity (Wildman–Crippen MR) is 128 cm³/mol. The van der Waals surface area contributed by atoms with E-state index in [1.54, 1.807) is 24.3 Å². The van der Waals surface area contributed by atoms with Gasteiger partial charge in [-0.05, 0) is 53.1 Å². The molecule has 3 aromatic carbocycles. The Bertz CT molecular complexity index is 1260. The maximum Gasteiger partial charge on any atom is 0.338 e. The van der Waals surface area contributed by atoms with Gasteiger partial charge >= 0.3 is 5.97 Å². The minimum absolute atomic E-state index is 0.147. The zero-order valence-electron chi connectivity index (χ0n) is 18.9. The largest absolute Gasteiger partial charge is 0.454 e. The molecule has 0 saturated carbocycles. The average molecular weight is 471 g/mol. The minimum Gasteiger partial charge on any atom is -0.454 e.